The molecule has 0 heterocycles. The Bertz CT molecular complexity index is 29.0. The van der Waals surface area contributed by atoms with Crippen LogP contribution in [0.3, 0.4) is 0 Å². The maximum absolute atomic E-state index is 4.63. The van der Waals surface area contributed by atoms with E-state index >= 15 is 0 Å². The normalized spacial score (nSPS) is 11.0. The molecule has 0 N–H and O–H groups in total. The van der Waals surface area contributed by atoms with Crippen LogP contribution in [0.25, 0.3) is 0 Å². The Kier molecular flexibility index (Phi) is 4.11. The third-order valence-corrected chi connectivity index (χ3v) is 0. The minimum atomic E-state index is -0.150. The van der Waals surface area contributed by atoms with Crippen LogP contribution in [0.1, 0.15) is 0 Å². The molecular weight excluding hydrogens is 221 g/mol. The number of hydrogen-bond acceptors (Lipinski definition) is 1. The van der Waals surface area contributed by atoms with Crippen LogP contribution in [0.15, 0.2) is 0 Å². The largest absolute Gasteiger partial charge is 0.253 e. The van der Waals surface area contributed by atoms with Crippen molar-refractivity contribution in [1.82, 2.24) is 0 Å². The summed E-state index contributed by atoms with van der Waals surface area (Å²) < 4.78 is -0.150. The van der Waals surface area contributed by atoms with Crippen molar-refractivity contribution in [3.05, 3.63) is 0 Å². The third kappa shape index (κ3) is 9.36. The van der Waals surface area contributed by atoms with Gasteiger partial charge in [-0.2, -0.15) is 0 Å². The molecule has 24 valence electrons. The number of hydrogen-bond donors (Lipinski definition) is 0. The van der Waals surface area contributed by atoms with Crippen LogP contribution < -0.4 is 0 Å². The van der Waals surface area contributed by atoms with E-state index in [0.29, 0.717) is 0 Å². The lowest BCUT2D eigenvalue weighted by molar-refractivity contribution is 5.69. The van der Waals surface area contributed by atoms with Crippen LogP contribution in [0.2, 0.25) is 0 Å². The summed E-state index contributed by atoms with van der Waals surface area (Å²) >= 11 is 6.82. The lowest BCUT2D eigenvalue weighted by atomic mass is 29.8. The topological polar surface area (TPSA) is 0 Å². The number of rotatable bonds is 0. The lowest BCUT2D eigenvalue weighted by Crippen LogP contribution is -0.866. The van der Waals surface area contributed by atoms with Gasteiger partial charge >= 0.3 is 0 Å². The predicted molar refractivity (Wildman–Crippen MR) is 38.0 cm³/mol. The highest BCUT2D eigenvalue weighted by atomic mass is 127. The molecule has 0 saturated carbocycles. The molecule has 0 aliphatic heterocycles. The molecule has 0 rings (SSSR count). The Morgan fingerprint density at radius 2 is 2.00 bits per heavy atom. The molecular formula is H2IP2S+. The van der Waals surface area contributed by atoms with E-state index in [1.807, 2.05) is 0 Å². The fourth-order valence-electron chi connectivity index (χ4n) is 0. The van der Waals surface area contributed by atoms with Gasteiger partial charge in [0.1, 0.15) is 8.93 Å². The summed E-state index contributed by atoms with van der Waals surface area (Å²) in [5.41, 5.74) is 0. The zero-order valence-corrected chi connectivity index (χ0v) is 6.83. The minimum Gasteiger partial charge on any atom is 0.110 e. The van der Waals surface area contributed by atoms with Gasteiger partial charge in [0.2, 0.25) is 22.0 Å². The van der Waals surface area contributed by atoms with Gasteiger partial charge in [-0.05, 0) is 0 Å². The Balaban J connectivity index is 2.80. The van der Waals surface area contributed by atoms with Gasteiger partial charge in [0.15, 0.2) is 11.8 Å². The molecule has 0 amide bonds. The van der Waals surface area contributed by atoms with E-state index in [4.69, 9.17) is 0 Å². The monoisotopic (exact) mass is 223 g/mol. The summed E-state index contributed by atoms with van der Waals surface area (Å²) in [7, 11) is 2.52. The molecule has 0 aliphatic carbocycles. The van der Waals surface area contributed by atoms with Crippen LogP contribution in [0, 0.1) is 0 Å². The number of halogens is 1. The highest BCUT2D eigenvalue weighted by Crippen LogP contribution is 2.39. The predicted octanol–water partition coefficient (Wildman–Crippen LogP) is 2.07. The molecule has 0 aliphatic rings. The molecule has 0 spiro atoms. The average molecular weight is 223 g/mol. The molecule has 0 bridgehead atoms. The van der Waals surface area contributed by atoms with Crippen molar-refractivity contribution < 1.29 is 0 Å². The fourth-order valence-corrected chi connectivity index (χ4v) is 0. The van der Waals surface area contributed by atoms with E-state index in [1.165, 1.54) is 0 Å². The minimum absolute atomic E-state index is 0.150. The summed E-state index contributed by atoms with van der Waals surface area (Å²) in [6.45, 7) is 0. The third-order valence-electron chi connectivity index (χ3n) is 0. The first-order valence-corrected chi connectivity index (χ1v) is 7.37. The fraction of sp³-hybridized carbons (Fsp3) is 0. The van der Waals surface area contributed by atoms with Crippen LogP contribution in [-0.2, 0) is 11.8 Å². The maximum atomic E-state index is 4.63. The van der Waals surface area contributed by atoms with Gasteiger partial charge in [-0.1, -0.05) is 0 Å². The molecule has 0 nitrogen and oxygen atoms in total. The van der Waals surface area contributed by atoms with Gasteiger partial charge in [0.25, 0.3) is 4.03 Å². The van der Waals surface area contributed by atoms with Gasteiger partial charge in [-0.3, -0.25) is 0 Å². The second-order valence-electron chi connectivity index (χ2n) is 0.272. The van der Waals surface area contributed by atoms with Crippen molar-refractivity contribution >= 4 is 46.8 Å². The Morgan fingerprint density at radius 1 is 2.00 bits per heavy atom. The zero-order chi connectivity index (χ0) is 3.58. The molecule has 0 aromatic rings. The standard InChI is InChI=1S/H2IP2S/c1-3(2)4/h2H2/q+1. The Morgan fingerprint density at radius 3 is 2.00 bits per heavy atom. The SMILES string of the molecule is P[P+](=S)I. The molecule has 2 unspecified atom stereocenters. The van der Waals surface area contributed by atoms with E-state index in [1.54, 1.807) is 0 Å². The van der Waals surface area contributed by atoms with Crippen molar-refractivity contribution in [2.75, 3.05) is 0 Å². The molecule has 0 aromatic heterocycles. The van der Waals surface area contributed by atoms with Crippen LogP contribution in [-0.4, -0.2) is 0 Å². The summed E-state index contributed by atoms with van der Waals surface area (Å²) in [5.74, 6) is 0. The van der Waals surface area contributed by atoms with Crippen LogP contribution in [0.5, 0.6) is 0 Å². The van der Waals surface area contributed by atoms with E-state index in [0.717, 1.165) is 0 Å². The molecule has 4 heteroatoms. The summed E-state index contributed by atoms with van der Waals surface area (Å²) in [6.07, 6.45) is 0. The van der Waals surface area contributed by atoms with Crippen molar-refractivity contribution in [3.63, 3.8) is 0 Å². The summed E-state index contributed by atoms with van der Waals surface area (Å²) in [5, 5.41) is 0. The van der Waals surface area contributed by atoms with E-state index in [-0.39, 0.29) is 4.03 Å². The molecule has 0 radical (unpaired) electrons. The van der Waals surface area contributed by atoms with Crippen LogP contribution >= 0.6 is 35.0 Å². The highest BCUT2D eigenvalue weighted by Gasteiger charge is 1.80. The maximum Gasteiger partial charge on any atom is 0.253 e. The second kappa shape index (κ2) is 2.89. The second-order valence-corrected chi connectivity index (χ2v) is 12.9. The zero-order valence-electron chi connectivity index (χ0n) is 1.81. The lowest BCUT2D eigenvalue weighted by Gasteiger charge is -1.37. The van der Waals surface area contributed by atoms with E-state index in [2.05, 4.69) is 42.8 Å². The van der Waals surface area contributed by atoms with Crippen LogP contribution in [0.4, 0.5) is 0 Å². The first-order valence-electron chi connectivity index (χ1n) is 0.610. The van der Waals surface area contributed by atoms with Crippen molar-refractivity contribution in [2.24, 2.45) is 0 Å². The Labute approximate surface area is 46.7 Å². The van der Waals surface area contributed by atoms with Gasteiger partial charge in [-0.25, -0.2) is 0 Å². The van der Waals surface area contributed by atoms with Crippen molar-refractivity contribution in [2.45, 2.75) is 0 Å². The summed E-state index contributed by atoms with van der Waals surface area (Å²) in [4.78, 5) is 0. The van der Waals surface area contributed by atoms with Gasteiger partial charge in [-0.15, -0.1) is 0 Å². The highest BCUT2D eigenvalue weighted by molar-refractivity contribution is 14.2. The smallest absolute Gasteiger partial charge is 0.110 e. The van der Waals surface area contributed by atoms with Gasteiger partial charge in [0.05, 0.1) is 0 Å². The summed E-state index contributed by atoms with van der Waals surface area (Å²) in [6, 6.07) is 0. The molecule has 0 saturated heterocycles. The Hall–Kier alpha value is 1.68. The quantitative estimate of drug-likeness (QED) is 0.447. The van der Waals surface area contributed by atoms with Crippen molar-refractivity contribution in [3.8, 4) is 0 Å². The first-order chi connectivity index (χ1) is 1.73. The molecule has 4 heavy (non-hydrogen) atoms. The van der Waals surface area contributed by atoms with E-state index in [9.17, 15) is 0 Å². The van der Waals surface area contributed by atoms with Crippen molar-refractivity contribution in [1.29, 1.82) is 0 Å². The first kappa shape index (κ1) is 5.68. The van der Waals surface area contributed by atoms with Gasteiger partial charge < -0.3 is 0 Å². The molecule has 0 aromatic carbocycles. The van der Waals surface area contributed by atoms with E-state index < -0.39 is 0 Å². The molecule has 0 fully saturated rings. The molecule has 2 atom stereocenters. The average Bonchev–Trinajstić information content (AvgIpc) is 0.811. The van der Waals surface area contributed by atoms with Gasteiger partial charge in [0, 0.05) is 0 Å².